The van der Waals surface area contributed by atoms with Crippen LogP contribution in [0.1, 0.15) is 27.2 Å². The molecule has 0 saturated heterocycles. The summed E-state index contributed by atoms with van der Waals surface area (Å²) < 4.78 is 5.11. The molecule has 2 rings (SSSR count). The van der Waals surface area contributed by atoms with Gasteiger partial charge in [0.05, 0.1) is 19.4 Å². The van der Waals surface area contributed by atoms with Crippen molar-refractivity contribution in [2.45, 2.75) is 20.4 Å². The van der Waals surface area contributed by atoms with Crippen LogP contribution >= 0.6 is 0 Å². The predicted octanol–water partition coefficient (Wildman–Crippen LogP) is 1.94. The van der Waals surface area contributed by atoms with Crippen molar-refractivity contribution in [3.63, 3.8) is 0 Å². The van der Waals surface area contributed by atoms with Crippen LogP contribution in [0.25, 0.3) is 0 Å². The monoisotopic (exact) mass is 286 g/mol. The van der Waals surface area contributed by atoms with Crippen LogP contribution in [0.4, 0.5) is 0 Å². The Kier molecular flexibility index (Phi) is 4.77. The number of amides is 2. The van der Waals surface area contributed by atoms with E-state index in [1.165, 1.54) is 0 Å². The van der Waals surface area contributed by atoms with Crippen LogP contribution < -0.4 is 10.6 Å². The number of carbonyl (C=O) groups is 2. The van der Waals surface area contributed by atoms with Gasteiger partial charge >= 0.3 is 0 Å². The fraction of sp³-hybridized carbons (Fsp3) is 0.250. The summed E-state index contributed by atoms with van der Waals surface area (Å²) in [5.74, 6) is 0.165. The minimum atomic E-state index is -0.259. The van der Waals surface area contributed by atoms with Crippen LogP contribution in [0.3, 0.4) is 0 Å². The fourth-order valence-electron chi connectivity index (χ4n) is 1.91. The second kappa shape index (κ2) is 6.74. The van der Waals surface area contributed by atoms with Crippen molar-refractivity contribution in [2.24, 2.45) is 0 Å². The van der Waals surface area contributed by atoms with Gasteiger partial charge in [-0.25, -0.2) is 0 Å². The van der Waals surface area contributed by atoms with Gasteiger partial charge < -0.3 is 15.1 Å². The Labute approximate surface area is 123 Å². The number of aryl methyl sites for hydroxylation is 1. The molecule has 5 nitrogen and oxygen atoms in total. The fourth-order valence-corrected chi connectivity index (χ4v) is 1.91. The predicted molar refractivity (Wildman–Crippen MR) is 78.8 cm³/mol. The van der Waals surface area contributed by atoms with Crippen molar-refractivity contribution in [3.05, 3.63) is 59.0 Å². The van der Waals surface area contributed by atoms with E-state index in [0.717, 1.165) is 11.1 Å². The summed E-state index contributed by atoms with van der Waals surface area (Å²) in [7, 11) is 0. The number of rotatable bonds is 5. The Hall–Kier alpha value is -2.56. The van der Waals surface area contributed by atoms with E-state index in [0.29, 0.717) is 17.9 Å². The average molecular weight is 286 g/mol. The lowest BCUT2D eigenvalue weighted by Gasteiger charge is -2.09. The molecule has 0 bridgehead atoms. The molecule has 0 atom stereocenters. The van der Waals surface area contributed by atoms with Gasteiger partial charge in [0.25, 0.3) is 5.91 Å². The number of furan rings is 1. The molecular weight excluding hydrogens is 268 g/mol. The Morgan fingerprint density at radius 1 is 1.10 bits per heavy atom. The second-order valence-electron chi connectivity index (χ2n) is 4.79. The molecule has 5 heteroatoms. The third kappa shape index (κ3) is 3.95. The van der Waals surface area contributed by atoms with E-state index in [1.807, 2.05) is 26.0 Å². The van der Waals surface area contributed by atoms with E-state index < -0.39 is 0 Å². The topological polar surface area (TPSA) is 71.3 Å². The Balaban J connectivity index is 1.83. The molecule has 1 aromatic heterocycles. The van der Waals surface area contributed by atoms with Crippen LogP contribution in [0, 0.1) is 13.8 Å². The smallest absolute Gasteiger partial charge is 0.251 e. The minimum Gasteiger partial charge on any atom is -0.467 e. The van der Waals surface area contributed by atoms with Gasteiger partial charge in [0, 0.05) is 5.56 Å². The summed E-state index contributed by atoms with van der Waals surface area (Å²) in [5, 5.41) is 5.29. The normalized spacial score (nSPS) is 10.2. The summed E-state index contributed by atoms with van der Waals surface area (Å²) in [5.41, 5.74) is 2.56. The first-order valence-corrected chi connectivity index (χ1v) is 6.71. The molecule has 0 aliphatic rings. The van der Waals surface area contributed by atoms with Crippen molar-refractivity contribution in [3.8, 4) is 0 Å². The van der Waals surface area contributed by atoms with Gasteiger partial charge in [-0.3, -0.25) is 9.59 Å². The first-order chi connectivity index (χ1) is 10.1. The minimum absolute atomic E-state index is 0.0626. The van der Waals surface area contributed by atoms with Gasteiger partial charge in [0.15, 0.2) is 0 Å². The molecule has 21 heavy (non-hydrogen) atoms. The number of nitrogens with one attached hydrogen (secondary N) is 2. The summed E-state index contributed by atoms with van der Waals surface area (Å²) in [6.07, 6.45) is 1.55. The van der Waals surface area contributed by atoms with Gasteiger partial charge in [-0.1, -0.05) is 12.1 Å². The molecule has 1 heterocycles. The van der Waals surface area contributed by atoms with Crippen LogP contribution in [0.15, 0.2) is 41.0 Å². The quantitative estimate of drug-likeness (QED) is 0.882. The highest BCUT2D eigenvalue weighted by Crippen LogP contribution is 2.12. The highest BCUT2D eigenvalue weighted by molar-refractivity contribution is 5.97. The molecule has 0 fully saturated rings. The number of hydrogen-bond donors (Lipinski definition) is 2. The molecular formula is C16H18N2O3. The van der Waals surface area contributed by atoms with Crippen molar-refractivity contribution < 1.29 is 14.0 Å². The van der Waals surface area contributed by atoms with E-state index >= 15 is 0 Å². The number of benzene rings is 1. The van der Waals surface area contributed by atoms with Gasteiger partial charge in [0.1, 0.15) is 5.76 Å². The maximum absolute atomic E-state index is 12.0. The Morgan fingerprint density at radius 2 is 1.90 bits per heavy atom. The first kappa shape index (κ1) is 14.8. The zero-order valence-electron chi connectivity index (χ0n) is 12.1. The van der Waals surface area contributed by atoms with E-state index in [9.17, 15) is 9.59 Å². The van der Waals surface area contributed by atoms with Crippen molar-refractivity contribution in [1.29, 1.82) is 0 Å². The van der Waals surface area contributed by atoms with Crippen molar-refractivity contribution in [1.82, 2.24) is 10.6 Å². The molecule has 2 aromatic rings. The van der Waals surface area contributed by atoms with Crippen molar-refractivity contribution in [2.75, 3.05) is 6.54 Å². The lowest BCUT2D eigenvalue weighted by Crippen LogP contribution is -2.36. The molecule has 0 radical (unpaired) electrons. The number of hydrogen-bond acceptors (Lipinski definition) is 3. The summed E-state index contributed by atoms with van der Waals surface area (Å²) in [6, 6.07) is 9.05. The van der Waals surface area contributed by atoms with Crippen LogP contribution in [0.2, 0.25) is 0 Å². The molecule has 0 unspecified atom stereocenters. The maximum atomic E-state index is 12.0. The maximum Gasteiger partial charge on any atom is 0.251 e. The summed E-state index contributed by atoms with van der Waals surface area (Å²) >= 11 is 0. The SMILES string of the molecule is Cc1cccc(C(=O)NCC(=O)NCc2ccco2)c1C. The van der Waals surface area contributed by atoms with Gasteiger partial charge in [-0.05, 0) is 43.2 Å². The van der Waals surface area contributed by atoms with Gasteiger partial charge in [0.2, 0.25) is 5.91 Å². The highest BCUT2D eigenvalue weighted by atomic mass is 16.3. The highest BCUT2D eigenvalue weighted by Gasteiger charge is 2.11. The van der Waals surface area contributed by atoms with Crippen LogP contribution in [-0.4, -0.2) is 18.4 Å². The summed E-state index contributed by atoms with van der Waals surface area (Å²) in [6.45, 7) is 4.08. The molecule has 0 aliphatic heterocycles. The molecule has 0 spiro atoms. The largest absolute Gasteiger partial charge is 0.467 e. The van der Waals surface area contributed by atoms with E-state index in [1.54, 1.807) is 24.5 Å². The molecule has 0 saturated carbocycles. The number of carbonyl (C=O) groups excluding carboxylic acids is 2. The molecule has 110 valence electrons. The van der Waals surface area contributed by atoms with E-state index in [2.05, 4.69) is 10.6 Å². The zero-order chi connectivity index (χ0) is 15.2. The summed E-state index contributed by atoms with van der Waals surface area (Å²) in [4.78, 5) is 23.7. The zero-order valence-corrected chi connectivity index (χ0v) is 12.1. The van der Waals surface area contributed by atoms with Crippen LogP contribution in [0.5, 0.6) is 0 Å². The van der Waals surface area contributed by atoms with E-state index in [4.69, 9.17) is 4.42 Å². The first-order valence-electron chi connectivity index (χ1n) is 6.71. The second-order valence-corrected chi connectivity index (χ2v) is 4.79. The lowest BCUT2D eigenvalue weighted by atomic mass is 10.0. The van der Waals surface area contributed by atoms with E-state index in [-0.39, 0.29) is 18.4 Å². The lowest BCUT2D eigenvalue weighted by molar-refractivity contribution is -0.120. The average Bonchev–Trinajstić information content (AvgIpc) is 2.99. The molecule has 2 N–H and O–H groups in total. The standard InChI is InChI=1S/C16H18N2O3/c1-11-5-3-7-14(12(11)2)16(20)18-10-15(19)17-9-13-6-4-8-21-13/h3-8H,9-10H2,1-2H3,(H,17,19)(H,18,20). The third-order valence-corrected chi connectivity index (χ3v) is 3.30. The van der Waals surface area contributed by atoms with Gasteiger partial charge in [-0.15, -0.1) is 0 Å². The molecule has 2 amide bonds. The Morgan fingerprint density at radius 3 is 2.62 bits per heavy atom. The molecule has 0 aliphatic carbocycles. The van der Waals surface area contributed by atoms with Crippen LogP contribution in [-0.2, 0) is 11.3 Å². The Bertz CT molecular complexity index is 633. The van der Waals surface area contributed by atoms with Crippen molar-refractivity contribution >= 4 is 11.8 Å². The molecule has 1 aromatic carbocycles. The van der Waals surface area contributed by atoms with Gasteiger partial charge in [-0.2, -0.15) is 0 Å². The third-order valence-electron chi connectivity index (χ3n) is 3.30.